The first kappa shape index (κ1) is 16.5. The molecule has 1 heterocycles. The minimum atomic E-state index is 0.272. The largest absolute Gasteiger partial charge is 0.311 e. The van der Waals surface area contributed by atoms with E-state index >= 15 is 0 Å². The molecule has 1 N–H and O–H groups in total. The third-order valence-corrected chi connectivity index (χ3v) is 4.67. The van der Waals surface area contributed by atoms with Crippen molar-refractivity contribution < 1.29 is 0 Å². The fourth-order valence-electron chi connectivity index (χ4n) is 3.11. The molecule has 1 aromatic rings. The Labute approximate surface area is 134 Å². The molecule has 0 aromatic heterocycles. The summed E-state index contributed by atoms with van der Waals surface area (Å²) in [7, 11) is 0. The van der Waals surface area contributed by atoms with Gasteiger partial charge in [-0.25, -0.2) is 0 Å². The molecule has 0 aliphatic carbocycles. The van der Waals surface area contributed by atoms with Gasteiger partial charge in [-0.3, -0.25) is 4.90 Å². The Balaban J connectivity index is 1.88. The van der Waals surface area contributed by atoms with E-state index in [1.54, 1.807) is 0 Å². The molecule has 3 heteroatoms. The Morgan fingerprint density at radius 2 is 1.95 bits per heavy atom. The van der Waals surface area contributed by atoms with Crippen LogP contribution in [0.2, 0.25) is 5.02 Å². The second-order valence-corrected chi connectivity index (χ2v) is 6.54. The fraction of sp³-hybridized carbons (Fsp3) is 0.556. The molecule has 0 saturated carbocycles. The minimum Gasteiger partial charge on any atom is -0.311 e. The van der Waals surface area contributed by atoms with Crippen molar-refractivity contribution in [2.24, 2.45) is 0 Å². The lowest BCUT2D eigenvalue weighted by Crippen LogP contribution is -2.53. The predicted octanol–water partition coefficient (Wildman–Crippen LogP) is 4.25. The van der Waals surface area contributed by atoms with Crippen LogP contribution in [0.3, 0.4) is 0 Å². The van der Waals surface area contributed by atoms with Gasteiger partial charge < -0.3 is 5.32 Å². The lowest BCUT2D eigenvalue weighted by molar-refractivity contribution is 0.130. The predicted molar refractivity (Wildman–Crippen MR) is 91.8 cm³/mol. The van der Waals surface area contributed by atoms with E-state index in [2.05, 4.69) is 41.9 Å². The Bertz CT molecular complexity index is 433. The molecule has 1 aliphatic heterocycles. The van der Waals surface area contributed by atoms with Crippen LogP contribution in [0.1, 0.15) is 38.2 Å². The molecule has 0 bridgehead atoms. The summed E-state index contributed by atoms with van der Waals surface area (Å²) in [5, 5.41) is 4.57. The average Bonchev–Trinajstić information content (AvgIpc) is 2.50. The van der Waals surface area contributed by atoms with Crippen molar-refractivity contribution in [3.05, 3.63) is 47.5 Å². The number of piperidine rings is 1. The van der Waals surface area contributed by atoms with E-state index < -0.39 is 0 Å². The molecule has 1 saturated heterocycles. The van der Waals surface area contributed by atoms with E-state index in [-0.39, 0.29) is 5.54 Å². The van der Waals surface area contributed by atoms with Crippen LogP contribution in [-0.4, -0.2) is 30.1 Å². The van der Waals surface area contributed by atoms with Crippen LogP contribution < -0.4 is 5.32 Å². The number of halogens is 1. The zero-order valence-electron chi connectivity index (χ0n) is 13.1. The summed E-state index contributed by atoms with van der Waals surface area (Å²) in [6.45, 7) is 10.6. The highest BCUT2D eigenvalue weighted by molar-refractivity contribution is 6.30. The Kier molecular flexibility index (Phi) is 6.28. The maximum atomic E-state index is 5.94. The SMILES string of the molecule is C=CCC1(NCCC)CCN(Cc2ccc(Cl)cc2)CC1. The van der Waals surface area contributed by atoms with Crippen LogP contribution in [0.5, 0.6) is 0 Å². The van der Waals surface area contributed by atoms with Gasteiger partial charge in [0.2, 0.25) is 0 Å². The molecule has 1 aliphatic rings. The van der Waals surface area contributed by atoms with Gasteiger partial charge in [-0.2, -0.15) is 0 Å². The lowest BCUT2D eigenvalue weighted by Gasteiger charge is -2.42. The lowest BCUT2D eigenvalue weighted by atomic mass is 9.84. The molecule has 0 amide bonds. The van der Waals surface area contributed by atoms with Gasteiger partial charge in [-0.1, -0.05) is 36.7 Å². The Morgan fingerprint density at radius 1 is 1.29 bits per heavy atom. The van der Waals surface area contributed by atoms with Gasteiger partial charge >= 0.3 is 0 Å². The smallest absolute Gasteiger partial charge is 0.0406 e. The molecule has 2 rings (SSSR count). The average molecular weight is 307 g/mol. The van der Waals surface area contributed by atoms with Gasteiger partial charge in [0.05, 0.1) is 0 Å². The monoisotopic (exact) mass is 306 g/mol. The third kappa shape index (κ3) is 4.84. The van der Waals surface area contributed by atoms with Gasteiger partial charge in [0, 0.05) is 30.2 Å². The van der Waals surface area contributed by atoms with Crippen molar-refractivity contribution in [1.82, 2.24) is 10.2 Å². The Hall–Kier alpha value is -0.830. The van der Waals surface area contributed by atoms with Gasteiger partial charge in [-0.05, 0) is 49.9 Å². The van der Waals surface area contributed by atoms with E-state index in [1.165, 1.54) is 24.8 Å². The number of rotatable bonds is 7. The second kappa shape index (κ2) is 7.98. The molecular formula is C18H27ClN2. The van der Waals surface area contributed by atoms with Crippen LogP contribution in [0.25, 0.3) is 0 Å². The van der Waals surface area contributed by atoms with E-state index in [9.17, 15) is 0 Å². The number of benzene rings is 1. The fourth-order valence-corrected chi connectivity index (χ4v) is 3.23. The van der Waals surface area contributed by atoms with Gasteiger partial charge in [0.1, 0.15) is 0 Å². The summed E-state index contributed by atoms with van der Waals surface area (Å²) in [4.78, 5) is 2.54. The number of hydrogen-bond donors (Lipinski definition) is 1. The molecule has 1 aromatic carbocycles. The quantitative estimate of drug-likeness (QED) is 0.758. The van der Waals surface area contributed by atoms with Crippen LogP contribution in [0.4, 0.5) is 0 Å². The van der Waals surface area contributed by atoms with Crippen molar-refractivity contribution >= 4 is 11.6 Å². The molecule has 0 spiro atoms. The second-order valence-electron chi connectivity index (χ2n) is 6.10. The molecule has 1 fully saturated rings. The molecule has 21 heavy (non-hydrogen) atoms. The summed E-state index contributed by atoms with van der Waals surface area (Å²) >= 11 is 5.94. The van der Waals surface area contributed by atoms with Gasteiger partial charge in [0.15, 0.2) is 0 Å². The zero-order chi connectivity index (χ0) is 15.1. The van der Waals surface area contributed by atoms with Crippen LogP contribution in [0.15, 0.2) is 36.9 Å². The topological polar surface area (TPSA) is 15.3 Å². The minimum absolute atomic E-state index is 0.272. The number of nitrogens with zero attached hydrogens (tertiary/aromatic N) is 1. The maximum Gasteiger partial charge on any atom is 0.0406 e. The molecule has 2 nitrogen and oxygen atoms in total. The highest BCUT2D eigenvalue weighted by Gasteiger charge is 2.32. The van der Waals surface area contributed by atoms with Crippen molar-refractivity contribution in [3.8, 4) is 0 Å². The number of nitrogens with one attached hydrogen (secondary N) is 1. The van der Waals surface area contributed by atoms with Crippen molar-refractivity contribution in [2.45, 2.75) is 44.7 Å². The standard InChI is InChI=1S/C18H27ClN2/c1-3-9-18(20-12-4-2)10-13-21(14-11-18)15-16-5-7-17(19)8-6-16/h3,5-8,20H,1,4,9-15H2,2H3. The first-order valence-corrected chi connectivity index (χ1v) is 8.38. The van der Waals surface area contributed by atoms with E-state index in [4.69, 9.17) is 11.6 Å². The van der Waals surface area contributed by atoms with Crippen LogP contribution >= 0.6 is 11.6 Å². The summed E-state index contributed by atoms with van der Waals surface area (Å²) in [6, 6.07) is 8.21. The van der Waals surface area contributed by atoms with Gasteiger partial charge in [0.25, 0.3) is 0 Å². The van der Waals surface area contributed by atoms with E-state index in [1.807, 2.05) is 12.1 Å². The van der Waals surface area contributed by atoms with Gasteiger partial charge in [-0.15, -0.1) is 6.58 Å². The number of hydrogen-bond acceptors (Lipinski definition) is 2. The van der Waals surface area contributed by atoms with Crippen molar-refractivity contribution in [3.63, 3.8) is 0 Å². The molecule has 0 atom stereocenters. The molecule has 0 radical (unpaired) electrons. The third-order valence-electron chi connectivity index (χ3n) is 4.42. The highest BCUT2D eigenvalue weighted by atomic mass is 35.5. The van der Waals surface area contributed by atoms with E-state index in [0.29, 0.717) is 0 Å². The summed E-state index contributed by atoms with van der Waals surface area (Å²) < 4.78 is 0. The summed E-state index contributed by atoms with van der Waals surface area (Å²) in [5.74, 6) is 0. The number of likely N-dealkylation sites (tertiary alicyclic amines) is 1. The molecular weight excluding hydrogens is 280 g/mol. The van der Waals surface area contributed by atoms with E-state index in [0.717, 1.165) is 37.6 Å². The normalized spacial score (nSPS) is 18.6. The van der Waals surface area contributed by atoms with Crippen molar-refractivity contribution in [2.75, 3.05) is 19.6 Å². The molecule has 116 valence electrons. The highest BCUT2D eigenvalue weighted by Crippen LogP contribution is 2.27. The van der Waals surface area contributed by atoms with Crippen molar-refractivity contribution in [1.29, 1.82) is 0 Å². The summed E-state index contributed by atoms with van der Waals surface area (Å²) in [6.07, 6.45) is 6.73. The summed E-state index contributed by atoms with van der Waals surface area (Å²) in [5.41, 5.74) is 1.62. The molecule has 0 unspecified atom stereocenters. The Morgan fingerprint density at radius 3 is 2.52 bits per heavy atom. The van der Waals surface area contributed by atoms with Crippen LogP contribution in [-0.2, 0) is 6.54 Å². The first-order chi connectivity index (χ1) is 10.2. The first-order valence-electron chi connectivity index (χ1n) is 8.00. The zero-order valence-corrected chi connectivity index (χ0v) is 13.8. The maximum absolute atomic E-state index is 5.94. The van der Waals surface area contributed by atoms with Crippen LogP contribution in [0, 0.1) is 0 Å².